The molecule has 1 unspecified atom stereocenters. The largest absolute Gasteiger partial charge is 0.392 e. The molecule has 17 heteroatoms. The van der Waals surface area contributed by atoms with Gasteiger partial charge in [-0.3, -0.25) is 28.9 Å². The van der Waals surface area contributed by atoms with Gasteiger partial charge in [-0.25, -0.2) is 9.97 Å². The number of hydrogen-bond donors (Lipinski definition) is 3. The van der Waals surface area contributed by atoms with E-state index in [0.717, 1.165) is 48.9 Å². The summed E-state index contributed by atoms with van der Waals surface area (Å²) in [6.07, 6.45) is 10.3. The Morgan fingerprint density at radius 2 is 1.81 bits per heavy atom. The number of pyridine rings is 3. The number of carbonyl (C=O) groups excluding carboxylic acids is 4. The van der Waals surface area contributed by atoms with E-state index in [2.05, 4.69) is 50.8 Å². The lowest BCUT2D eigenvalue weighted by atomic mass is 9.90. The van der Waals surface area contributed by atoms with Crippen LogP contribution in [0.3, 0.4) is 0 Å². The first kappa shape index (κ1) is 46.9. The van der Waals surface area contributed by atoms with E-state index in [9.17, 15) is 29.1 Å². The molecule has 0 spiro atoms. The Balaban J connectivity index is 0.714. The van der Waals surface area contributed by atoms with Crippen LogP contribution in [-0.2, 0) is 60.3 Å². The van der Waals surface area contributed by atoms with E-state index in [1.54, 1.807) is 47.6 Å². The molecule has 17 nitrogen and oxygen atoms in total. The van der Waals surface area contributed by atoms with Gasteiger partial charge in [0.05, 0.1) is 31.5 Å². The molecule has 1 aromatic carbocycles. The summed E-state index contributed by atoms with van der Waals surface area (Å²) in [6.45, 7) is 11.0. The summed E-state index contributed by atoms with van der Waals surface area (Å²) in [4.78, 5) is 83.2. The Morgan fingerprint density at radius 3 is 2.60 bits per heavy atom. The number of fused-ring (bicyclic) bond motifs is 4. The predicted molar refractivity (Wildman–Crippen MR) is 265 cm³/mol. The van der Waals surface area contributed by atoms with Crippen LogP contribution in [0.1, 0.15) is 95.2 Å². The molecule has 2 atom stereocenters. The second-order valence-corrected chi connectivity index (χ2v) is 20.2. The smallest absolute Gasteiger partial charge is 0.276 e. The summed E-state index contributed by atoms with van der Waals surface area (Å²) >= 11 is 0. The molecule has 4 aromatic heterocycles. The number of aliphatic hydroxyl groups is 1. The number of nitrogens with one attached hydrogen (secondary N) is 2. The second-order valence-electron chi connectivity index (χ2n) is 20.2. The van der Waals surface area contributed by atoms with Crippen LogP contribution in [0.25, 0.3) is 11.1 Å². The second kappa shape index (κ2) is 19.2. The number of piperazine rings is 1. The van der Waals surface area contributed by atoms with E-state index in [1.807, 2.05) is 41.3 Å². The zero-order chi connectivity index (χ0) is 48.8. The van der Waals surface area contributed by atoms with E-state index in [4.69, 9.17) is 4.74 Å². The van der Waals surface area contributed by atoms with Gasteiger partial charge in [-0.2, -0.15) is 0 Å². The Kier molecular flexibility index (Phi) is 12.8. The van der Waals surface area contributed by atoms with Crippen molar-refractivity contribution in [2.24, 2.45) is 12.5 Å². The predicted octanol–water partition coefficient (Wildman–Crippen LogP) is 4.98. The van der Waals surface area contributed by atoms with Gasteiger partial charge in [0.1, 0.15) is 29.1 Å². The van der Waals surface area contributed by atoms with Gasteiger partial charge in [-0.15, -0.1) is 0 Å². The number of aromatic nitrogens is 4. The number of piperidine rings is 1. The quantitative estimate of drug-likeness (QED) is 0.128. The third-order valence-electron chi connectivity index (χ3n) is 14.8. The summed E-state index contributed by atoms with van der Waals surface area (Å²) < 4.78 is 9.56. The standard InChI is InChI=1S/C53H62N10O7/c1-33-29-59(47(65)15-23-70-22-7-9-34-8-5-10-39-40(34)31-63(50(39)67)43-11-6-16-55-49(43)66)18-19-60(33)37-12-13-46(56-28-37)57-42-24-36(30-58(4)51(42)68)38-14-17-54-48(41(38)32-64)62-21-20-61-44(52(62)69)25-35-26-53(2,3)27-45(35)61/h5,8,10,12-14,17,24-25,28,30,33,43,64H,6-7,9,11,15-16,18-23,26-27,29,31-32H2,1-4H3,(H,55,66)(H,56,57)/t33-,43?/m0/s1. The molecule has 3 N–H and O–H groups in total. The first-order valence-electron chi connectivity index (χ1n) is 24.7. The number of nitrogens with zero attached hydrogens (tertiary/aromatic N) is 8. The van der Waals surface area contributed by atoms with Gasteiger partial charge in [-0.05, 0) is 110 Å². The van der Waals surface area contributed by atoms with Crippen molar-refractivity contribution in [2.75, 3.05) is 61.1 Å². The number of benzene rings is 1. The topological polar surface area (TPSA) is 187 Å². The molecular weight excluding hydrogens is 889 g/mol. The summed E-state index contributed by atoms with van der Waals surface area (Å²) in [7, 11) is 1.67. The third kappa shape index (κ3) is 8.96. The van der Waals surface area contributed by atoms with Crippen LogP contribution in [0, 0.1) is 5.41 Å². The van der Waals surface area contributed by atoms with Gasteiger partial charge in [0.25, 0.3) is 17.4 Å². The molecular formula is C53H62N10O7. The number of rotatable bonds is 14. The van der Waals surface area contributed by atoms with Gasteiger partial charge in [-0.1, -0.05) is 26.0 Å². The van der Waals surface area contributed by atoms with Crippen LogP contribution in [0.2, 0.25) is 0 Å². The summed E-state index contributed by atoms with van der Waals surface area (Å²) in [5, 5.41) is 16.9. The number of anilines is 4. The average molecular weight is 951 g/mol. The molecule has 2 saturated heterocycles. The molecule has 366 valence electrons. The number of aliphatic hydroxyl groups excluding tert-OH is 1. The fourth-order valence-electron chi connectivity index (χ4n) is 11.3. The summed E-state index contributed by atoms with van der Waals surface area (Å²) in [5.41, 5.74) is 8.85. The van der Waals surface area contributed by atoms with Gasteiger partial charge < -0.3 is 44.3 Å². The number of amides is 4. The fourth-order valence-corrected chi connectivity index (χ4v) is 11.3. The van der Waals surface area contributed by atoms with Crippen molar-refractivity contribution < 1.29 is 29.0 Å². The molecule has 4 aliphatic heterocycles. The first-order chi connectivity index (χ1) is 33.8. The molecule has 8 heterocycles. The van der Waals surface area contributed by atoms with Crippen molar-refractivity contribution in [3.63, 3.8) is 0 Å². The third-order valence-corrected chi connectivity index (χ3v) is 14.8. The normalized spacial score (nSPS) is 19.6. The molecule has 1 aliphatic carbocycles. The van der Waals surface area contributed by atoms with Gasteiger partial charge in [0.15, 0.2) is 0 Å². The SMILES string of the molecule is C[C@H]1CN(C(=O)CCOCCCc2cccc3c2CN(C2CCCNC2=O)C3=O)CCN1c1ccc(Nc2cc(-c3ccnc(N4CCn5c(cc6c5CC(C)(C)C6)C4=O)c3CO)cn(C)c2=O)nc1. The minimum Gasteiger partial charge on any atom is -0.392 e. The maximum Gasteiger partial charge on any atom is 0.276 e. The van der Waals surface area contributed by atoms with Crippen LogP contribution >= 0.6 is 0 Å². The van der Waals surface area contributed by atoms with Gasteiger partial charge in [0, 0.05) is 100 Å². The van der Waals surface area contributed by atoms with E-state index in [0.29, 0.717) is 117 Å². The molecule has 2 fully saturated rings. The lowest BCUT2D eigenvalue weighted by molar-refractivity contribution is -0.133. The van der Waals surface area contributed by atoms with Crippen molar-refractivity contribution in [3.05, 3.63) is 117 Å². The number of carbonyl (C=O) groups is 4. The zero-order valence-corrected chi connectivity index (χ0v) is 40.5. The average Bonchev–Trinajstić information content (AvgIpc) is 3.98. The molecule has 70 heavy (non-hydrogen) atoms. The van der Waals surface area contributed by atoms with Crippen LogP contribution in [0.15, 0.2) is 71.9 Å². The lowest BCUT2D eigenvalue weighted by Crippen LogP contribution is -2.54. The number of aryl methyl sites for hydroxylation is 2. The molecule has 0 radical (unpaired) electrons. The summed E-state index contributed by atoms with van der Waals surface area (Å²) in [5.74, 6) is 0.648. The van der Waals surface area contributed by atoms with Crippen LogP contribution in [0.4, 0.5) is 23.0 Å². The van der Waals surface area contributed by atoms with E-state index in [1.165, 1.54) is 15.8 Å². The number of hydrogen-bond acceptors (Lipinski definition) is 11. The molecule has 4 amide bonds. The van der Waals surface area contributed by atoms with E-state index >= 15 is 0 Å². The van der Waals surface area contributed by atoms with E-state index in [-0.39, 0.29) is 47.3 Å². The Bertz CT molecular complexity index is 2930. The van der Waals surface area contributed by atoms with Crippen LogP contribution in [-0.4, -0.2) is 116 Å². The van der Waals surface area contributed by atoms with Gasteiger partial charge >= 0.3 is 0 Å². The highest BCUT2D eigenvalue weighted by molar-refractivity contribution is 6.06. The Morgan fingerprint density at radius 1 is 0.957 bits per heavy atom. The maximum atomic E-state index is 14.0. The number of ether oxygens (including phenoxy) is 1. The van der Waals surface area contributed by atoms with Crippen LogP contribution < -0.4 is 26.0 Å². The highest BCUT2D eigenvalue weighted by Crippen LogP contribution is 2.40. The van der Waals surface area contributed by atoms with Crippen molar-refractivity contribution in [2.45, 2.75) is 97.5 Å². The van der Waals surface area contributed by atoms with Gasteiger partial charge in [0.2, 0.25) is 11.8 Å². The lowest BCUT2D eigenvalue weighted by Gasteiger charge is -2.41. The first-order valence-corrected chi connectivity index (χ1v) is 24.7. The highest BCUT2D eigenvalue weighted by atomic mass is 16.5. The van der Waals surface area contributed by atoms with Crippen molar-refractivity contribution >= 4 is 46.6 Å². The fraction of sp³-hybridized carbons (Fsp3) is 0.453. The van der Waals surface area contributed by atoms with Crippen molar-refractivity contribution in [3.8, 4) is 11.1 Å². The van der Waals surface area contributed by atoms with Crippen LogP contribution in [0.5, 0.6) is 0 Å². The molecule has 0 bridgehead atoms. The Labute approximate surface area is 407 Å². The summed E-state index contributed by atoms with van der Waals surface area (Å²) in [6, 6.07) is 14.8. The molecule has 5 aliphatic rings. The van der Waals surface area contributed by atoms with E-state index < -0.39 is 6.04 Å². The molecule has 0 saturated carbocycles. The molecule has 5 aromatic rings. The maximum absolute atomic E-state index is 14.0. The van der Waals surface area contributed by atoms with Crippen molar-refractivity contribution in [1.82, 2.24) is 34.2 Å². The molecule has 10 rings (SSSR count). The highest BCUT2D eigenvalue weighted by Gasteiger charge is 2.39. The zero-order valence-electron chi connectivity index (χ0n) is 40.5. The monoisotopic (exact) mass is 950 g/mol. The Hall–Kier alpha value is -6.85. The van der Waals surface area contributed by atoms with Crippen molar-refractivity contribution in [1.29, 1.82) is 0 Å². The minimum atomic E-state index is -0.418. The minimum absolute atomic E-state index is 0.0380.